The summed E-state index contributed by atoms with van der Waals surface area (Å²) in [6, 6.07) is 16.7. The van der Waals surface area contributed by atoms with E-state index in [0.29, 0.717) is 16.8 Å². The van der Waals surface area contributed by atoms with Crippen LogP contribution < -0.4 is 10.2 Å². The Morgan fingerprint density at radius 1 is 0.833 bits per heavy atom. The summed E-state index contributed by atoms with van der Waals surface area (Å²) in [6.07, 6.45) is 0. The summed E-state index contributed by atoms with van der Waals surface area (Å²) in [7, 11) is 1.83. The van der Waals surface area contributed by atoms with Crippen molar-refractivity contribution in [3.8, 4) is 0 Å². The molecule has 0 spiro atoms. The molecule has 3 aromatic rings. The maximum Gasteiger partial charge on any atom is 0.265 e. The molecule has 1 heterocycles. The maximum absolute atomic E-state index is 13.1. The van der Waals surface area contributed by atoms with Crippen molar-refractivity contribution >= 4 is 34.0 Å². The number of nitrogens with one attached hydrogen (secondary N) is 1. The van der Waals surface area contributed by atoms with Gasteiger partial charge in [-0.1, -0.05) is 30.3 Å². The Morgan fingerprint density at radius 3 is 2.25 bits per heavy atom. The van der Waals surface area contributed by atoms with Crippen LogP contribution in [0.15, 0.2) is 54.6 Å². The molecule has 1 N–H and O–H groups in total. The molecular weight excluding hydrogens is 300 g/mol. The number of nitrogens with zero attached hydrogens (tertiary/aromatic N) is 1. The number of aryl methyl sites for hydroxylation is 1. The van der Waals surface area contributed by atoms with E-state index in [1.807, 2.05) is 50.4 Å². The van der Waals surface area contributed by atoms with Gasteiger partial charge in [0.05, 0.1) is 5.69 Å². The molecule has 118 valence electrons. The smallest absolute Gasteiger partial charge is 0.265 e. The van der Waals surface area contributed by atoms with Crippen molar-refractivity contribution in [3.05, 3.63) is 71.3 Å². The monoisotopic (exact) mass is 316 g/mol. The predicted octanol–water partition coefficient (Wildman–Crippen LogP) is 3.99. The van der Waals surface area contributed by atoms with Crippen molar-refractivity contribution in [2.24, 2.45) is 0 Å². The van der Waals surface area contributed by atoms with E-state index >= 15 is 0 Å². The average molecular weight is 316 g/mol. The molecule has 4 nitrogen and oxygen atoms in total. The minimum Gasteiger partial charge on any atom is -0.388 e. The predicted molar refractivity (Wildman–Crippen MR) is 95.8 cm³/mol. The van der Waals surface area contributed by atoms with Gasteiger partial charge in [0.25, 0.3) is 11.8 Å². The number of carbonyl (C=O) groups is 2. The third-order valence-corrected chi connectivity index (χ3v) is 4.53. The van der Waals surface area contributed by atoms with E-state index in [-0.39, 0.29) is 11.8 Å². The lowest BCUT2D eigenvalue weighted by molar-refractivity contribution is 0.0893. The Morgan fingerprint density at radius 2 is 1.54 bits per heavy atom. The first-order valence-electron chi connectivity index (χ1n) is 7.81. The van der Waals surface area contributed by atoms with Gasteiger partial charge in [0.2, 0.25) is 0 Å². The van der Waals surface area contributed by atoms with Crippen LogP contribution in [0.4, 0.5) is 11.4 Å². The Hall–Kier alpha value is -3.14. The first kappa shape index (κ1) is 14.5. The summed E-state index contributed by atoms with van der Waals surface area (Å²) < 4.78 is 0. The van der Waals surface area contributed by atoms with Crippen LogP contribution in [-0.2, 0) is 0 Å². The summed E-state index contributed by atoms with van der Waals surface area (Å²) in [5, 5.41) is 4.73. The van der Waals surface area contributed by atoms with Crippen LogP contribution in [0.1, 0.15) is 26.3 Å². The average Bonchev–Trinajstić information content (AvgIpc) is 2.61. The van der Waals surface area contributed by atoms with Crippen molar-refractivity contribution in [1.82, 2.24) is 0 Å². The molecule has 0 unspecified atom stereocenters. The lowest BCUT2D eigenvalue weighted by Crippen LogP contribution is -2.40. The standard InChI is InChI=1S/C20H16N2O2/c1-12-6-3-4-9-17(12)22-19(23)14-8-5-7-13-16(21-2)11-10-15(18(13)14)20(22)24/h3-11,21H,1-2H3. The first-order valence-corrected chi connectivity index (χ1v) is 7.81. The van der Waals surface area contributed by atoms with Gasteiger partial charge in [-0.2, -0.15) is 0 Å². The Kier molecular flexibility index (Phi) is 3.13. The molecular formula is C20H16N2O2. The van der Waals surface area contributed by atoms with Gasteiger partial charge in [0.1, 0.15) is 0 Å². The van der Waals surface area contributed by atoms with E-state index in [2.05, 4.69) is 5.32 Å². The highest BCUT2D eigenvalue weighted by atomic mass is 16.2. The van der Waals surface area contributed by atoms with Gasteiger partial charge in [-0.05, 0) is 36.8 Å². The third-order valence-electron chi connectivity index (χ3n) is 4.53. The molecule has 0 aliphatic carbocycles. The molecule has 4 rings (SSSR count). The maximum atomic E-state index is 13.1. The topological polar surface area (TPSA) is 49.4 Å². The second kappa shape index (κ2) is 5.20. The second-order valence-electron chi connectivity index (χ2n) is 5.87. The molecule has 4 heteroatoms. The van der Waals surface area contributed by atoms with Crippen LogP contribution in [0.3, 0.4) is 0 Å². The fourth-order valence-electron chi connectivity index (χ4n) is 3.35. The number of hydrogen-bond donors (Lipinski definition) is 1. The highest BCUT2D eigenvalue weighted by molar-refractivity contribution is 6.36. The number of carbonyl (C=O) groups excluding carboxylic acids is 2. The third kappa shape index (κ3) is 1.86. The summed E-state index contributed by atoms with van der Waals surface area (Å²) in [5.41, 5.74) is 3.54. The zero-order valence-electron chi connectivity index (χ0n) is 13.5. The highest BCUT2D eigenvalue weighted by Crippen LogP contribution is 2.36. The van der Waals surface area contributed by atoms with Crippen LogP contribution >= 0.6 is 0 Å². The van der Waals surface area contributed by atoms with E-state index in [9.17, 15) is 9.59 Å². The molecule has 0 bridgehead atoms. The largest absolute Gasteiger partial charge is 0.388 e. The normalized spacial score (nSPS) is 13.5. The minimum atomic E-state index is -0.277. The molecule has 3 aromatic carbocycles. The summed E-state index contributed by atoms with van der Waals surface area (Å²) >= 11 is 0. The number of hydrogen-bond acceptors (Lipinski definition) is 3. The number of rotatable bonds is 2. The van der Waals surface area contributed by atoms with Gasteiger partial charge < -0.3 is 5.32 Å². The van der Waals surface area contributed by atoms with Gasteiger partial charge in [0.15, 0.2) is 0 Å². The highest BCUT2D eigenvalue weighted by Gasteiger charge is 2.34. The zero-order chi connectivity index (χ0) is 16.8. The van der Waals surface area contributed by atoms with E-state index in [1.165, 1.54) is 4.90 Å². The molecule has 1 aliphatic rings. The van der Waals surface area contributed by atoms with Crippen LogP contribution in [0.2, 0.25) is 0 Å². The lowest BCUT2D eigenvalue weighted by atomic mass is 9.92. The van der Waals surface area contributed by atoms with Crippen molar-refractivity contribution in [1.29, 1.82) is 0 Å². The molecule has 24 heavy (non-hydrogen) atoms. The molecule has 2 amide bonds. The van der Waals surface area contributed by atoms with E-state index in [1.54, 1.807) is 18.2 Å². The quantitative estimate of drug-likeness (QED) is 0.727. The molecule has 0 saturated heterocycles. The number of amides is 2. The van der Waals surface area contributed by atoms with Gasteiger partial charge >= 0.3 is 0 Å². The molecule has 0 atom stereocenters. The first-order chi connectivity index (χ1) is 11.6. The number of benzene rings is 3. The van der Waals surface area contributed by atoms with Crippen molar-refractivity contribution in [2.45, 2.75) is 6.92 Å². The lowest BCUT2D eigenvalue weighted by Gasteiger charge is -2.28. The van der Waals surface area contributed by atoms with Gasteiger partial charge in [-0.15, -0.1) is 0 Å². The van der Waals surface area contributed by atoms with E-state index in [0.717, 1.165) is 22.0 Å². The van der Waals surface area contributed by atoms with Gasteiger partial charge in [0, 0.05) is 34.6 Å². The van der Waals surface area contributed by atoms with Crippen molar-refractivity contribution in [3.63, 3.8) is 0 Å². The fourth-order valence-corrected chi connectivity index (χ4v) is 3.35. The van der Waals surface area contributed by atoms with Gasteiger partial charge in [-0.25, -0.2) is 4.90 Å². The minimum absolute atomic E-state index is 0.277. The van der Waals surface area contributed by atoms with Crippen LogP contribution in [0.5, 0.6) is 0 Å². The fraction of sp³-hybridized carbons (Fsp3) is 0.100. The summed E-state index contributed by atoms with van der Waals surface area (Å²) in [4.78, 5) is 27.4. The van der Waals surface area contributed by atoms with Crippen LogP contribution in [0.25, 0.3) is 10.8 Å². The Balaban J connectivity index is 2.02. The molecule has 1 aliphatic heterocycles. The number of anilines is 2. The van der Waals surface area contributed by atoms with Crippen LogP contribution in [0, 0.1) is 6.92 Å². The van der Waals surface area contributed by atoms with Crippen molar-refractivity contribution < 1.29 is 9.59 Å². The zero-order valence-corrected chi connectivity index (χ0v) is 13.5. The van der Waals surface area contributed by atoms with Crippen LogP contribution in [-0.4, -0.2) is 18.9 Å². The Bertz CT molecular complexity index is 985. The molecule has 0 fully saturated rings. The summed E-state index contributed by atoms with van der Waals surface area (Å²) in [6.45, 7) is 1.90. The van der Waals surface area contributed by atoms with Gasteiger partial charge in [-0.3, -0.25) is 9.59 Å². The molecule has 0 saturated carbocycles. The summed E-state index contributed by atoms with van der Waals surface area (Å²) in [5.74, 6) is -0.554. The SMILES string of the molecule is CNc1ccc2c3c(cccc13)C(=O)N(c1ccccc1C)C2=O. The Labute approximate surface area is 139 Å². The number of para-hydroxylation sites is 1. The molecule has 0 aromatic heterocycles. The van der Waals surface area contributed by atoms with Crippen molar-refractivity contribution in [2.75, 3.05) is 17.3 Å². The molecule has 0 radical (unpaired) electrons. The van der Waals surface area contributed by atoms with E-state index < -0.39 is 0 Å². The second-order valence-corrected chi connectivity index (χ2v) is 5.87. The number of imide groups is 1. The van der Waals surface area contributed by atoms with E-state index in [4.69, 9.17) is 0 Å².